The Labute approximate surface area is 106 Å². The first kappa shape index (κ1) is 11.6. The average molecular weight is 246 g/mol. The van der Waals surface area contributed by atoms with Crippen LogP contribution in [0.4, 0.5) is 0 Å². The number of aromatic nitrogens is 1. The lowest BCUT2D eigenvalue weighted by Gasteiger charge is -2.34. The average Bonchev–Trinajstić information content (AvgIpc) is 2.85. The molecule has 0 spiro atoms. The minimum absolute atomic E-state index is 0.0257. The highest BCUT2D eigenvalue weighted by molar-refractivity contribution is 5.72. The maximum atomic E-state index is 6.34. The molecular formula is C13H18N4O. The fraction of sp³-hybridized carbons (Fsp3) is 0.462. The Morgan fingerprint density at radius 1 is 1.56 bits per heavy atom. The van der Waals surface area contributed by atoms with E-state index in [1.165, 1.54) is 6.39 Å². The number of piperazine rings is 1. The van der Waals surface area contributed by atoms with Gasteiger partial charge in [-0.15, -0.1) is 0 Å². The Kier molecular flexibility index (Phi) is 3.03. The van der Waals surface area contributed by atoms with Crippen LogP contribution in [0.25, 0.3) is 11.1 Å². The van der Waals surface area contributed by atoms with E-state index in [-0.39, 0.29) is 12.1 Å². The number of rotatable bonds is 2. The van der Waals surface area contributed by atoms with Gasteiger partial charge in [0.2, 0.25) is 0 Å². The number of nitrogens with two attached hydrogens (primary N) is 1. The number of hydrogen-bond donors (Lipinski definition) is 2. The summed E-state index contributed by atoms with van der Waals surface area (Å²) in [6.07, 6.45) is 1.46. The van der Waals surface area contributed by atoms with E-state index in [1.54, 1.807) is 0 Å². The van der Waals surface area contributed by atoms with E-state index in [0.29, 0.717) is 0 Å². The molecule has 1 aromatic heterocycles. The van der Waals surface area contributed by atoms with E-state index in [9.17, 15) is 0 Å². The van der Waals surface area contributed by atoms with E-state index in [2.05, 4.69) is 22.2 Å². The van der Waals surface area contributed by atoms with Gasteiger partial charge in [-0.3, -0.25) is 0 Å². The lowest BCUT2D eigenvalue weighted by atomic mass is 9.98. The first-order valence-corrected chi connectivity index (χ1v) is 6.25. The number of likely N-dealkylation sites (N-methyl/N-ethyl adjacent to an activating group) is 1. The molecule has 1 aromatic carbocycles. The number of oxazole rings is 1. The molecule has 0 aliphatic carbocycles. The van der Waals surface area contributed by atoms with Crippen LogP contribution in [-0.2, 0) is 0 Å². The standard InChI is InChI=1S/C13H18N4O/c1-17-5-4-15-11(7-17)13(14)9-2-3-10-12(6-9)18-8-16-10/h2-3,6,8,11,13,15H,4-5,7,14H2,1H3. The van der Waals surface area contributed by atoms with Gasteiger partial charge < -0.3 is 20.4 Å². The molecule has 2 aromatic rings. The van der Waals surface area contributed by atoms with Crippen molar-refractivity contribution in [3.8, 4) is 0 Å². The van der Waals surface area contributed by atoms with Gasteiger partial charge >= 0.3 is 0 Å². The van der Waals surface area contributed by atoms with Crippen molar-refractivity contribution in [2.45, 2.75) is 12.1 Å². The van der Waals surface area contributed by atoms with Gasteiger partial charge in [0.15, 0.2) is 12.0 Å². The second-order valence-corrected chi connectivity index (χ2v) is 4.93. The van der Waals surface area contributed by atoms with E-state index < -0.39 is 0 Å². The van der Waals surface area contributed by atoms with Crippen LogP contribution in [0.5, 0.6) is 0 Å². The highest BCUT2D eigenvalue weighted by Crippen LogP contribution is 2.21. The van der Waals surface area contributed by atoms with Crippen LogP contribution in [0.3, 0.4) is 0 Å². The van der Waals surface area contributed by atoms with Crippen molar-refractivity contribution >= 4 is 11.1 Å². The summed E-state index contributed by atoms with van der Waals surface area (Å²) in [4.78, 5) is 6.41. The van der Waals surface area contributed by atoms with Crippen LogP contribution in [0, 0.1) is 0 Å². The van der Waals surface area contributed by atoms with Gasteiger partial charge in [0.25, 0.3) is 0 Å². The Bertz CT molecular complexity index is 539. The molecule has 3 rings (SSSR count). The molecule has 1 fully saturated rings. The summed E-state index contributed by atoms with van der Waals surface area (Å²) in [5.74, 6) is 0. The molecule has 96 valence electrons. The minimum atomic E-state index is -0.0257. The van der Waals surface area contributed by atoms with Crippen molar-refractivity contribution < 1.29 is 4.42 Å². The van der Waals surface area contributed by atoms with Gasteiger partial charge in [-0.05, 0) is 24.7 Å². The zero-order valence-corrected chi connectivity index (χ0v) is 10.5. The van der Waals surface area contributed by atoms with Crippen LogP contribution in [0.1, 0.15) is 11.6 Å². The summed E-state index contributed by atoms with van der Waals surface area (Å²) in [7, 11) is 2.13. The number of nitrogens with one attached hydrogen (secondary N) is 1. The van der Waals surface area contributed by atoms with Crippen molar-refractivity contribution in [2.24, 2.45) is 5.73 Å². The van der Waals surface area contributed by atoms with E-state index in [4.69, 9.17) is 10.2 Å². The van der Waals surface area contributed by atoms with Crippen LogP contribution in [0.15, 0.2) is 29.0 Å². The SMILES string of the molecule is CN1CCNC(C(N)c2ccc3ncoc3c2)C1. The predicted octanol–water partition coefficient (Wildman–Crippen LogP) is 0.731. The number of nitrogens with zero attached hydrogens (tertiary/aromatic N) is 2. The molecule has 3 N–H and O–H groups in total. The van der Waals surface area contributed by atoms with Crippen LogP contribution in [-0.4, -0.2) is 42.6 Å². The minimum Gasteiger partial charge on any atom is -0.443 e. The molecule has 1 saturated heterocycles. The van der Waals surface area contributed by atoms with Gasteiger partial charge in [-0.2, -0.15) is 0 Å². The smallest absolute Gasteiger partial charge is 0.181 e. The Morgan fingerprint density at radius 2 is 2.44 bits per heavy atom. The lowest BCUT2D eigenvalue weighted by Crippen LogP contribution is -2.53. The second-order valence-electron chi connectivity index (χ2n) is 4.93. The summed E-state index contributed by atoms with van der Waals surface area (Å²) in [6.45, 7) is 3.03. The molecule has 5 heteroatoms. The summed E-state index contributed by atoms with van der Waals surface area (Å²) in [5, 5.41) is 3.48. The zero-order valence-electron chi connectivity index (χ0n) is 10.5. The van der Waals surface area contributed by atoms with Crippen LogP contribution >= 0.6 is 0 Å². The lowest BCUT2D eigenvalue weighted by molar-refractivity contribution is 0.220. The molecule has 0 bridgehead atoms. The number of benzene rings is 1. The first-order chi connectivity index (χ1) is 8.74. The van der Waals surface area contributed by atoms with E-state index in [1.807, 2.05) is 18.2 Å². The van der Waals surface area contributed by atoms with Gasteiger partial charge in [0, 0.05) is 31.7 Å². The molecule has 1 aliphatic heterocycles. The monoisotopic (exact) mass is 246 g/mol. The van der Waals surface area contributed by atoms with Crippen LogP contribution in [0.2, 0.25) is 0 Å². The fourth-order valence-electron chi connectivity index (χ4n) is 2.48. The third kappa shape index (κ3) is 2.12. The molecule has 5 nitrogen and oxygen atoms in total. The second kappa shape index (κ2) is 4.68. The molecule has 0 radical (unpaired) electrons. The topological polar surface area (TPSA) is 67.3 Å². The van der Waals surface area contributed by atoms with E-state index in [0.717, 1.165) is 36.3 Å². The van der Waals surface area contributed by atoms with Crippen molar-refractivity contribution in [1.82, 2.24) is 15.2 Å². The van der Waals surface area contributed by atoms with Crippen molar-refractivity contribution in [3.05, 3.63) is 30.2 Å². The quantitative estimate of drug-likeness (QED) is 0.817. The van der Waals surface area contributed by atoms with Gasteiger partial charge in [0.05, 0.1) is 0 Å². The first-order valence-electron chi connectivity index (χ1n) is 6.25. The summed E-state index contributed by atoms with van der Waals surface area (Å²) < 4.78 is 5.32. The van der Waals surface area contributed by atoms with Crippen LogP contribution < -0.4 is 11.1 Å². The van der Waals surface area contributed by atoms with Gasteiger partial charge in [-0.1, -0.05) is 6.07 Å². The molecule has 18 heavy (non-hydrogen) atoms. The fourth-order valence-corrected chi connectivity index (χ4v) is 2.48. The normalized spacial score (nSPS) is 23.3. The molecule has 2 atom stereocenters. The summed E-state index contributed by atoms with van der Waals surface area (Å²) >= 11 is 0. The zero-order chi connectivity index (χ0) is 12.5. The van der Waals surface area contributed by atoms with Gasteiger partial charge in [0.1, 0.15) is 5.52 Å². The van der Waals surface area contributed by atoms with Crippen molar-refractivity contribution in [3.63, 3.8) is 0 Å². The third-order valence-electron chi connectivity index (χ3n) is 3.58. The largest absolute Gasteiger partial charge is 0.443 e. The highest BCUT2D eigenvalue weighted by atomic mass is 16.3. The Morgan fingerprint density at radius 3 is 3.28 bits per heavy atom. The maximum Gasteiger partial charge on any atom is 0.181 e. The molecule has 2 heterocycles. The summed E-state index contributed by atoms with van der Waals surface area (Å²) in [5.41, 5.74) is 9.10. The summed E-state index contributed by atoms with van der Waals surface area (Å²) in [6, 6.07) is 6.24. The third-order valence-corrected chi connectivity index (χ3v) is 3.58. The highest BCUT2D eigenvalue weighted by Gasteiger charge is 2.24. The number of fused-ring (bicyclic) bond motifs is 1. The molecule has 0 amide bonds. The number of hydrogen-bond acceptors (Lipinski definition) is 5. The molecular weight excluding hydrogens is 228 g/mol. The Hall–Kier alpha value is -1.43. The Balaban J connectivity index is 1.83. The maximum absolute atomic E-state index is 6.34. The molecule has 1 aliphatic rings. The predicted molar refractivity (Wildman–Crippen MR) is 70.2 cm³/mol. The molecule has 0 saturated carbocycles. The van der Waals surface area contributed by atoms with Crippen molar-refractivity contribution in [1.29, 1.82) is 0 Å². The molecule has 2 unspecified atom stereocenters. The van der Waals surface area contributed by atoms with Gasteiger partial charge in [-0.25, -0.2) is 4.98 Å². The van der Waals surface area contributed by atoms with E-state index >= 15 is 0 Å². The van der Waals surface area contributed by atoms with Crippen molar-refractivity contribution in [2.75, 3.05) is 26.7 Å².